The Kier molecular flexibility index (Phi) is 4.68. The van der Waals surface area contributed by atoms with Crippen molar-refractivity contribution < 1.29 is 9.53 Å². The Bertz CT molecular complexity index is 796. The third kappa shape index (κ3) is 3.75. The molecule has 0 radical (unpaired) electrons. The van der Waals surface area contributed by atoms with Gasteiger partial charge in [0.2, 0.25) is 5.91 Å². The number of rotatable bonds is 5. The fourth-order valence-corrected chi connectivity index (χ4v) is 4.06. The molecule has 1 atom stereocenters. The second-order valence-corrected chi connectivity index (χ2v) is 7.66. The molecule has 2 aliphatic rings. The van der Waals surface area contributed by atoms with Crippen molar-refractivity contribution in [2.45, 2.75) is 32.8 Å². The van der Waals surface area contributed by atoms with E-state index < -0.39 is 0 Å². The Hall–Kier alpha value is -2.33. The molecule has 4 heteroatoms. The number of hydrogen-bond donors (Lipinski definition) is 2. The van der Waals surface area contributed by atoms with Gasteiger partial charge in [0.1, 0.15) is 12.4 Å². The molecule has 0 bridgehead atoms. The molecule has 0 aromatic heterocycles. The first kappa shape index (κ1) is 17.1. The average molecular weight is 350 g/mol. The van der Waals surface area contributed by atoms with Gasteiger partial charge in [0, 0.05) is 17.7 Å². The van der Waals surface area contributed by atoms with E-state index >= 15 is 0 Å². The standard InChI is InChI=1S/C22H26N2O2/c1-16-4-2-5-17(12-16)15-26-19-7-3-6-18(13-19)24-21(25)20-14-22(20)8-10-23-11-9-22/h2-7,12-13,20,23H,8-11,14-15H2,1H3,(H,24,25). The zero-order valence-corrected chi connectivity index (χ0v) is 15.3. The lowest BCUT2D eigenvalue weighted by Crippen LogP contribution is -2.31. The minimum atomic E-state index is 0.155. The number of hydrogen-bond acceptors (Lipinski definition) is 3. The van der Waals surface area contributed by atoms with Gasteiger partial charge in [-0.25, -0.2) is 0 Å². The molecule has 1 aliphatic carbocycles. The molecule has 4 nitrogen and oxygen atoms in total. The van der Waals surface area contributed by atoms with E-state index in [1.165, 1.54) is 5.56 Å². The van der Waals surface area contributed by atoms with Crippen molar-refractivity contribution in [2.75, 3.05) is 18.4 Å². The maximum Gasteiger partial charge on any atom is 0.228 e. The lowest BCUT2D eigenvalue weighted by molar-refractivity contribution is -0.118. The van der Waals surface area contributed by atoms with E-state index in [9.17, 15) is 4.79 Å². The second kappa shape index (κ2) is 7.12. The highest BCUT2D eigenvalue weighted by Crippen LogP contribution is 2.58. The van der Waals surface area contributed by atoms with Crippen LogP contribution in [-0.4, -0.2) is 19.0 Å². The summed E-state index contributed by atoms with van der Waals surface area (Å²) in [7, 11) is 0. The van der Waals surface area contributed by atoms with E-state index in [1.54, 1.807) is 0 Å². The number of nitrogens with one attached hydrogen (secondary N) is 2. The lowest BCUT2D eigenvalue weighted by Gasteiger charge is -2.23. The number of aryl methyl sites for hydroxylation is 1. The number of carbonyl (C=O) groups excluding carboxylic acids is 1. The zero-order valence-electron chi connectivity index (χ0n) is 15.3. The van der Waals surface area contributed by atoms with Crippen LogP contribution in [0.15, 0.2) is 48.5 Å². The first-order chi connectivity index (χ1) is 12.6. The lowest BCUT2D eigenvalue weighted by atomic mass is 9.92. The second-order valence-electron chi connectivity index (χ2n) is 7.66. The Labute approximate surface area is 155 Å². The van der Waals surface area contributed by atoms with Crippen LogP contribution in [0.5, 0.6) is 5.75 Å². The third-order valence-corrected chi connectivity index (χ3v) is 5.70. The Balaban J connectivity index is 1.35. The summed E-state index contributed by atoms with van der Waals surface area (Å²) in [6, 6.07) is 16.0. The number of amides is 1. The molecule has 2 aromatic carbocycles. The van der Waals surface area contributed by atoms with Gasteiger partial charge < -0.3 is 15.4 Å². The highest BCUT2D eigenvalue weighted by Gasteiger charge is 2.57. The number of anilines is 1. The normalized spacial score (nSPS) is 20.6. The van der Waals surface area contributed by atoms with Crippen LogP contribution in [0.1, 0.15) is 30.4 Å². The monoisotopic (exact) mass is 350 g/mol. The molecule has 1 spiro atoms. The van der Waals surface area contributed by atoms with Crippen LogP contribution in [-0.2, 0) is 11.4 Å². The molecule has 1 amide bonds. The maximum atomic E-state index is 12.6. The van der Waals surface area contributed by atoms with Crippen molar-refractivity contribution in [3.8, 4) is 5.75 Å². The van der Waals surface area contributed by atoms with Gasteiger partial charge in [-0.3, -0.25) is 4.79 Å². The summed E-state index contributed by atoms with van der Waals surface area (Å²) in [5, 5.41) is 6.46. The van der Waals surface area contributed by atoms with Gasteiger partial charge in [-0.15, -0.1) is 0 Å². The topological polar surface area (TPSA) is 50.4 Å². The van der Waals surface area contributed by atoms with Gasteiger partial charge in [0.05, 0.1) is 0 Å². The number of benzene rings is 2. The van der Waals surface area contributed by atoms with Crippen LogP contribution in [0, 0.1) is 18.3 Å². The summed E-state index contributed by atoms with van der Waals surface area (Å²) < 4.78 is 5.90. The van der Waals surface area contributed by atoms with E-state index in [1.807, 2.05) is 30.3 Å². The summed E-state index contributed by atoms with van der Waals surface area (Å²) in [5.74, 6) is 1.10. The first-order valence-electron chi connectivity index (χ1n) is 9.45. The third-order valence-electron chi connectivity index (χ3n) is 5.70. The Morgan fingerprint density at radius 2 is 2.00 bits per heavy atom. The molecule has 1 aliphatic heterocycles. The molecule has 1 unspecified atom stereocenters. The van der Waals surface area contributed by atoms with E-state index in [-0.39, 0.29) is 17.2 Å². The van der Waals surface area contributed by atoms with Gasteiger partial charge >= 0.3 is 0 Å². The maximum absolute atomic E-state index is 12.6. The van der Waals surface area contributed by atoms with Crippen molar-refractivity contribution in [2.24, 2.45) is 11.3 Å². The van der Waals surface area contributed by atoms with Crippen LogP contribution in [0.3, 0.4) is 0 Å². The molecule has 136 valence electrons. The average Bonchev–Trinajstić information content (AvgIpc) is 3.34. The van der Waals surface area contributed by atoms with Crippen molar-refractivity contribution in [1.29, 1.82) is 0 Å². The van der Waals surface area contributed by atoms with Crippen molar-refractivity contribution in [3.05, 3.63) is 59.7 Å². The van der Waals surface area contributed by atoms with Gasteiger partial charge in [-0.2, -0.15) is 0 Å². The van der Waals surface area contributed by atoms with Crippen LogP contribution in [0.2, 0.25) is 0 Å². The molecular formula is C22H26N2O2. The van der Waals surface area contributed by atoms with E-state index in [0.29, 0.717) is 6.61 Å². The minimum absolute atomic E-state index is 0.155. The Morgan fingerprint density at radius 1 is 1.19 bits per heavy atom. The summed E-state index contributed by atoms with van der Waals surface area (Å²) >= 11 is 0. The number of piperidine rings is 1. The van der Waals surface area contributed by atoms with Crippen LogP contribution in [0.25, 0.3) is 0 Å². The van der Waals surface area contributed by atoms with Gasteiger partial charge in [-0.05, 0) is 62.4 Å². The SMILES string of the molecule is Cc1cccc(COc2cccc(NC(=O)C3CC34CCNCC4)c2)c1. The van der Waals surface area contributed by atoms with E-state index in [0.717, 1.165) is 49.4 Å². The van der Waals surface area contributed by atoms with Gasteiger partial charge in [0.15, 0.2) is 0 Å². The predicted octanol–water partition coefficient (Wildman–Crippen LogP) is 3.90. The largest absolute Gasteiger partial charge is 0.489 e. The summed E-state index contributed by atoms with van der Waals surface area (Å²) in [5.41, 5.74) is 3.44. The Morgan fingerprint density at radius 3 is 2.81 bits per heavy atom. The highest BCUT2D eigenvalue weighted by molar-refractivity contribution is 5.95. The van der Waals surface area contributed by atoms with Gasteiger partial charge in [-0.1, -0.05) is 35.9 Å². The predicted molar refractivity (Wildman–Crippen MR) is 103 cm³/mol. The zero-order chi connectivity index (χ0) is 18.0. The summed E-state index contributed by atoms with van der Waals surface area (Å²) in [4.78, 5) is 12.6. The summed E-state index contributed by atoms with van der Waals surface area (Å²) in [6.07, 6.45) is 3.26. The van der Waals surface area contributed by atoms with E-state index in [4.69, 9.17) is 4.74 Å². The molecule has 2 N–H and O–H groups in total. The van der Waals surface area contributed by atoms with Crippen LogP contribution in [0.4, 0.5) is 5.69 Å². The fraction of sp³-hybridized carbons (Fsp3) is 0.409. The first-order valence-corrected chi connectivity index (χ1v) is 9.45. The van der Waals surface area contributed by atoms with E-state index in [2.05, 4.69) is 35.8 Å². The molecule has 2 fully saturated rings. The highest BCUT2D eigenvalue weighted by atomic mass is 16.5. The smallest absolute Gasteiger partial charge is 0.228 e. The number of carbonyl (C=O) groups is 1. The molecule has 2 aromatic rings. The van der Waals surface area contributed by atoms with Crippen molar-refractivity contribution in [1.82, 2.24) is 5.32 Å². The molecule has 1 saturated heterocycles. The fourth-order valence-electron chi connectivity index (χ4n) is 4.06. The minimum Gasteiger partial charge on any atom is -0.489 e. The quantitative estimate of drug-likeness (QED) is 0.860. The van der Waals surface area contributed by atoms with Crippen molar-refractivity contribution >= 4 is 11.6 Å². The molecular weight excluding hydrogens is 324 g/mol. The van der Waals surface area contributed by atoms with Crippen molar-refractivity contribution in [3.63, 3.8) is 0 Å². The summed E-state index contributed by atoms with van der Waals surface area (Å²) in [6.45, 7) is 4.67. The van der Waals surface area contributed by atoms with Crippen LogP contribution >= 0.6 is 0 Å². The molecule has 1 heterocycles. The molecule has 26 heavy (non-hydrogen) atoms. The van der Waals surface area contributed by atoms with Crippen LogP contribution < -0.4 is 15.4 Å². The van der Waals surface area contributed by atoms with Gasteiger partial charge in [0.25, 0.3) is 0 Å². The number of ether oxygens (including phenoxy) is 1. The molecule has 4 rings (SSSR count). The molecule has 1 saturated carbocycles.